The SMILES string of the molecule is Cc1cc(NC(=O)c2cccc(Br)c2)n(-c2nc3c(cnn3-c3ccccc3)c(=O)[nH]2)n1. The van der Waals surface area contributed by atoms with Crippen molar-refractivity contribution in [2.24, 2.45) is 0 Å². The summed E-state index contributed by atoms with van der Waals surface area (Å²) in [6, 6.07) is 18.1. The Morgan fingerprint density at radius 3 is 2.66 bits per heavy atom. The summed E-state index contributed by atoms with van der Waals surface area (Å²) >= 11 is 3.37. The quantitative estimate of drug-likeness (QED) is 0.400. The number of hydrogen-bond acceptors (Lipinski definition) is 5. The number of carbonyl (C=O) groups excluding carboxylic acids is 1. The van der Waals surface area contributed by atoms with E-state index in [0.29, 0.717) is 28.1 Å². The van der Waals surface area contributed by atoms with Crippen LogP contribution in [0.4, 0.5) is 5.82 Å². The molecule has 5 aromatic rings. The monoisotopic (exact) mass is 489 g/mol. The summed E-state index contributed by atoms with van der Waals surface area (Å²) < 4.78 is 3.78. The lowest BCUT2D eigenvalue weighted by molar-refractivity contribution is 0.102. The summed E-state index contributed by atoms with van der Waals surface area (Å²) in [5, 5.41) is 11.9. The number of rotatable bonds is 4. The van der Waals surface area contributed by atoms with Gasteiger partial charge in [-0.3, -0.25) is 14.6 Å². The number of nitrogens with one attached hydrogen (secondary N) is 2. The maximum Gasteiger partial charge on any atom is 0.263 e. The van der Waals surface area contributed by atoms with Gasteiger partial charge < -0.3 is 5.32 Å². The fourth-order valence-electron chi connectivity index (χ4n) is 3.33. The number of carbonyl (C=O) groups is 1. The van der Waals surface area contributed by atoms with E-state index in [1.54, 1.807) is 35.9 Å². The first kappa shape index (κ1) is 19.9. The Kier molecular flexibility index (Phi) is 4.91. The molecule has 32 heavy (non-hydrogen) atoms. The van der Waals surface area contributed by atoms with E-state index in [2.05, 4.69) is 41.4 Å². The zero-order valence-electron chi connectivity index (χ0n) is 16.8. The van der Waals surface area contributed by atoms with Gasteiger partial charge in [0, 0.05) is 16.1 Å². The van der Waals surface area contributed by atoms with Crippen LogP contribution in [0.5, 0.6) is 0 Å². The molecule has 9 nitrogen and oxygen atoms in total. The molecule has 0 saturated carbocycles. The smallest absolute Gasteiger partial charge is 0.263 e. The Balaban J connectivity index is 1.59. The van der Waals surface area contributed by atoms with Gasteiger partial charge >= 0.3 is 0 Å². The number of aryl methyl sites for hydroxylation is 1. The van der Waals surface area contributed by atoms with Crippen molar-refractivity contribution in [2.75, 3.05) is 5.32 Å². The summed E-state index contributed by atoms with van der Waals surface area (Å²) in [7, 11) is 0. The summed E-state index contributed by atoms with van der Waals surface area (Å²) in [5.74, 6) is 0.226. The summed E-state index contributed by atoms with van der Waals surface area (Å²) in [4.78, 5) is 32.8. The van der Waals surface area contributed by atoms with E-state index >= 15 is 0 Å². The van der Waals surface area contributed by atoms with Crippen LogP contribution < -0.4 is 10.9 Å². The lowest BCUT2D eigenvalue weighted by Crippen LogP contribution is -2.19. The minimum absolute atomic E-state index is 0.165. The van der Waals surface area contributed by atoms with E-state index in [1.807, 2.05) is 36.4 Å². The topological polar surface area (TPSA) is 110 Å². The normalized spacial score (nSPS) is 11.1. The number of benzene rings is 2. The van der Waals surface area contributed by atoms with Gasteiger partial charge in [0.1, 0.15) is 11.2 Å². The molecule has 0 unspecified atom stereocenters. The molecule has 0 bridgehead atoms. The number of H-pyrrole nitrogens is 1. The molecule has 0 radical (unpaired) electrons. The van der Waals surface area contributed by atoms with Crippen molar-refractivity contribution in [1.29, 1.82) is 0 Å². The zero-order valence-corrected chi connectivity index (χ0v) is 18.4. The number of aromatic amines is 1. The predicted octanol–water partition coefficient (Wildman–Crippen LogP) is 3.62. The molecule has 2 N–H and O–H groups in total. The van der Waals surface area contributed by atoms with Crippen LogP contribution in [0.2, 0.25) is 0 Å². The van der Waals surface area contributed by atoms with Crippen molar-refractivity contribution in [3.05, 3.63) is 92.9 Å². The first-order valence-electron chi connectivity index (χ1n) is 9.67. The number of hydrogen-bond donors (Lipinski definition) is 2. The van der Waals surface area contributed by atoms with Crippen LogP contribution >= 0.6 is 15.9 Å². The van der Waals surface area contributed by atoms with Gasteiger partial charge in [-0.05, 0) is 37.3 Å². The summed E-state index contributed by atoms with van der Waals surface area (Å²) in [6.07, 6.45) is 1.47. The van der Waals surface area contributed by atoms with Gasteiger partial charge in [0.15, 0.2) is 5.65 Å². The van der Waals surface area contributed by atoms with E-state index < -0.39 is 0 Å². The van der Waals surface area contributed by atoms with Crippen molar-refractivity contribution < 1.29 is 4.79 Å². The molecular weight excluding hydrogens is 474 g/mol. The van der Waals surface area contributed by atoms with Crippen molar-refractivity contribution in [3.63, 3.8) is 0 Å². The van der Waals surface area contributed by atoms with Crippen molar-refractivity contribution in [1.82, 2.24) is 29.5 Å². The molecule has 0 atom stereocenters. The van der Waals surface area contributed by atoms with E-state index in [4.69, 9.17) is 0 Å². The molecule has 0 aliphatic carbocycles. The van der Waals surface area contributed by atoms with Crippen LogP contribution in [-0.4, -0.2) is 35.4 Å². The molecule has 3 heterocycles. The maximum atomic E-state index is 12.8. The second-order valence-electron chi connectivity index (χ2n) is 7.07. The molecule has 10 heteroatoms. The molecule has 5 rings (SSSR count). The molecule has 0 fully saturated rings. The maximum absolute atomic E-state index is 12.8. The van der Waals surface area contributed by atoms with Gasteiger partial charge in [-0.1, -0.05) is 40.2 Å². The van der Waals surface area contributed by atoms with Crippen molar-refractivity contribution >= 4 is 38.7 Å². The van der Waals surface area contributed by atoms with Crippen LogP contribution in [-0.2, 0) is 0 Å². The molecule has 0 spiro atoms. The molecule has 1 amide bonds. The molecule has 0 aliphatic heterocycles. The fourth-order valence-corrected chi connectivity index (χ4v) is 3.73. The fraction of sp³-hybridized carbons (Fsp3) is 0.0455. The first-order valence-corrected chi connectivity index (χ1v) is 10.5. The van der Waals surface area contributed by atoms with Crippen LogP contribution in [0.25, 0.3) is 22.7 Å². The highest BCUT2D eigenvalue weighted by molar-refractivity contribution is 9.10. The number of amides is 1. The highest BCUT2D eigenvalue weighted by Crippen LogP contribution is 2.19. The lowest BCUT2D eigenvalue weighted by atomic mass is 10.2. The van der Waals surface area contributed by atoms with Crippen LogP contribution in [0.1, 0.15) is 16.1 Å². The minimum Gasteiger partial charge on any atom is -0.306 e. The Bertz CT molecular complexity index is 1520. The molecule has 0 aliphatic rings. The van der Waals surface area contributed by atoms with Crippen molar-refractivity contribution in [3.8, 4) is 11.6 Å². The van der Waals surface area contributed by atoms with Gasteiger partial charge in [0.05, 0.1) is 17.6 Å². The van der Waals surface area contributed by atoms with Crippen LogP contribution in [0.15, 0.2) is 76.1 Å². The summed E-state index contributed by atoms with van der Waals surface area (Å²) in [5.41, 5.74) is 1.92. The van der Waals surface area contributed by atoms with E-state index in [0.717, 1.165) is 10.2 Å². The third-order valence-electron chi connectivity index (χ3n) is 4.79. The number of halogens is 1. The van der Waals surface area contributed by atoms with Crippen LogP contribution in [0, 0.1) is 6.92 Å². The van der Waals surface area contributed by atoms with E-state index in [-0.39, 0.29) is 17.4 Å². The minimum atomic E-state index is -0.357. The molecule has 2 aromatic carbocycles. The number of anilines is 1. The Morgan fingerprint density at radius 1 is 1.06 bits per heavy atom. The number of nitrogens with zero attached hydrogens (tertiary/aromatic N) is 5. The Labute approximate surface area is 189 Å². The van der Waals surface area contributed by atoms with Crippen LogP contribution in [0.3, 0.4) is 0 Å². The highest BCUT2D eigenvalue weighted by atomic mass is 79.9. The molecule has 3 aromatic heterocycles. The number of aromatic nitrogens is 6. The van der Waals surface area contributed by atoms with E-state index in [9.17, 15) is 9.59 Å². The number of fused-ring (bicyclic) bond motifs is 1. The predicted molar refractivity (Wildman–Crippen MR) is 123 cm³/mol. The second kappa shape index (κ2) is 7.89. The Hall–Kier alpha value is -4.05. The lowest BCUT2D eigenvalue weighted by Gasteiger charge is -2.09. The van der Waals surface area contributed by atoms with Gasteiger partial charge in [-0.15, -0.1) is 0 Å². The van der Waals surface area contributed by atoms with Gasteiger partial charge in [-0.25, -0.2) is 4.68 Å². The number of para-hydroxylation sites is 1. The highest BCUT2D eigenvalue weighted by Gasteiger charge is 2.17. The third kappa shape index (κ3) is 3.60. The molecule has 158 valence electrons. The van der Waals surface area contributed by atoms with E-state index in [1.165, 1.54) is 10.9 Å². The zero-order chi connectivity index (χ0) is 22.2. The third-order valence-corrected chi connectivity index (χ3v) is 5.28. The second-order valence-corrected chi connectivity index (χ2v) is 7.98. The van der Waals surface area contributed by atoms with Crippen molar-refractivity contribution in [2.45, 2.75) is 6.92 Å². The standard InChI is InChI=1S/C22H16BrN7O2/c1-13-10-18(25-20(31)14-6-5-7-15(23)11-14)30(28-13)22-26-19-17(21(32)27-22)12-24-29(19)16-8-3-2-4-9-16/h2-12H,1H3,(H,25,31)(H,26,27,32). The molecule has 0 saturated heterocycles. The van der Waals surface area contributed by atoms with Gasteiger partial charge in [0.25, 0.3) is 11.5 Å². The average Bonchev–Trinajstić information content (AvgIpc) is 3.38. The largest absolute Gasteiger partial charge is 0.306 e. The first-order chi connectivity index (χ1) is 15.5. The average molecular weight is 490 g/mol. The summed E-state index contributed by atoms with van der Waals surface area (Å²) in [6.45, 7) is 1.79. The Morgan fingerprint density at radius 2 is 1.88 bits per heavy atom. The van der Waals surface area contributed by atoms with Gasteiger partial charge in [-0.2, -0.15) is 19.9 Å². The molecular formula is C22H16BrN7O2. The van der Waals surface area contributed by atoms with Gasteiger partial charge in [0.2, 0.25) is 5.95 Å².